The molecule has 0 spiro atoms. The topological polar surface area (TPSA) is 37.3 Å². The van der Waals surface area contributed by atoms with Crippen molar-refractivity contribution >= 4 is 6.29 Å². The number of rotatable bonds is 3. The molecule has 12 heavy (non-hydrogen) atoms. The van der Waals surface area contributed by atoms with Crippen molar-refractivity contribution in [2.75, 3.05) is 0 Å². The maximum atomic E-state index is 10.3. The second-order valence-corrected chi connectivity index (χ2v) is 3.82. The molecule has 2 heteroatoms. The summed E-state index contributed by atoms with van der Waals surface area (Å²) in [6.45, 7) is 2.21. The van der Waals surface area contributed by atoms with E-state index in [9.17, 15) is 9.90 Å². The van der Waals surface area contributed by atoms with E-state index in [-0.39, 0.29) is 5.92 Å². The zero-order chi connectivity index (χ0) is 8.97. The van der Waals surface area contributed by atoms with Crippen LogP contribution in [0, 0.1) is 11.8 Å². The first-order chi connectivity index (χ1) is 5.77. The summed E-state index contributed by atoms with van der Waals surface area (Å²) in [7, 11) is 0. The van der Waals surface area contributed by atoms with Crippen molar-refractivity contribution in [3.05, 3.63) is 0 Å². The predicted octanol–water partition coefficient (Wildman–Crippen LogP) is 1.76. The van der Waals surface area contributed by atoms with Crippen LogP contribution in [0.1, 0.15) is 39.0 Å². The van der Waals surface area contributed by atoms with Crippen molar-refractivity contribution in [2.45, 2.75) is 45.1 Å². The Bertz CT molecular complexity index is 137. The molecule has 1 saturated carbocycles. The van der Waals surface area contributed by atoms with E-state index in [0.717, 1.165) is 18.8 Å². The molecule has 1 atom stereocenters. The van der Waals surface area contributed by atoms with E-state index in [2.05, 4.69) is 6.92 Å². The van der Waals surface area contributed by atoms with Gasteiger partial charge in [-0.2, -0.15) is 0 Å². The summed E-state index contributed by atoms with van der Waals surface area (Å²) >= 11 is 0. The van der Waals surface area contributed by atoms with E-state index in [1.807, 2.05) is 0 Å². The molecular formula is C10H18O2. The summed E-state index contributed by atoms with van der Waals surface area (Å²) in [4.78, 5) is 10.3. The van der Waals surface area contributed by atoms with Gasteiger partial charge in [0.05, 0.1) is 0 Å². The molecule has 2 nitrogen and oxygen atoms in total. The minimum absolute atomic E-state index is 0.241. The molecule has 1 aliphatic rings. The van der Waals surface area contributed by atoms with Crippen molar-refractivity contribution in [3.63, 3.8) is 0 Å². The molecule has 0 aliphatic heterocycles. The first kappa shape index (κ1) is 9.72. The van der Waals surface area contributed by atoms with E-state index < -0.39 is 6.10 Å². The standard InChI is InChI=1S/C10H18O2/c1-2-8-3-5-9(6-4-8)10(12)7-11/h7-10,12H,2-6H2,1H3. The average molecular weight is 170 g/mol. The summed E-state index contributed by atoms with van der Waals surface area (Å²) in [5.41, 5.74) is 0. The van der Waals surface area contributed by atoms with Crippen molar-refractivity contribution in [1.29, 1.82) is 0 Å². The van der Waals surface area contributed by atoms with Gasteiger partial charge in [-0.25, -0.2) is 0 Å². The molecule has 0 amide bonds. The lowest BCUT2D eigenvalue weighted by atomic mass is 9.79. The highest BCUT2D eigenvalue weighted by atomic mass is 16.3. The normalized spacial score (nSPS) is 32.8. The van der Waals surface area contributed by atoms with E-state index in [1.54, 1.807) is 0 Å². The van der Waals surface area contributed by atoms with Crippen LogP contribution in [0.4, 0.5) is 0 Å². The summed E-state index contributed by atoms with van der Waals surface area (Å²) in [6.07, 6.45) is 5.64. The summed E-state index contributed by atoms with van der Waals surface area (Å²) < 4.78 is 0. The molecule has 1 aliphatic carbocycles. The zero-order valence-electron chi connectivity index (χ0n) is 7.70. The van der Waals surface area contributed by atoms with Gasteiger partial charge in [0.1, 0.15) is 12.4 Å². The largest absolute Gasteiger partial charge is 0.385 e. The van der Waals surface area contributed by atoms with Crippen molar-refractivity contribution in [1.82, 2.24) is 0 Å². The molecule has 70 valence electrons. The second-order valence-electron chi connectivity index (χ2n) is 3.82. The molecule has 0 aromatic carbocycles. The molecule has 0 radical (unpaired) electrons. The van der Waals surface area contributed by atoms with Crippen LogP contribution in [0.5, 0.6) is 0 Å². The molecule has 0 aromatic heterocycles. The lowest BCUT2D eigenvalue weighted by Crippen LogP contribution is -2.26. The number of aldehydes is 1. The third kappa shape index (κ3) is 2.31. The fourth-order valence-corrected chi connectivity index (χ4v) is 2.05. The number of hydrogen-bond donors (Lipinski definition) is 1. The number of carbonyl (C=O) groups excluding carboxylic acids is 1. The van der Waals surface area contributed by atoms with Gasteiger partial charge < -0.3 is 9.90 Å². The Morgan fingerprint density at radius 3 is 2.42 bits per heavy atom. The van der Waals surface area contributed by atoms with Crippen LogP contribution in [0.3, 0.4) is 0 Å². The van der Waals surface area contributed by atoms with Gasteiger partial charge in [0.15, 0.2) is 0 Å². The fraction of sp³-hybridized carbons (Fsp3) is 0.900. The number of hydrogen-bond acceptors (Lipinski definition) is 2. The second kappa shape index (κ2) is 4.61. The molecule has 1 fully saturated rings. The van der Waals surface area contributed by atoms with Crippen molar-refractivity contribution < 1.29 is 9.90 Å². The quantitative estimate of drug-likeness (QED) is 0.655. The van der Waals surface area contributed by atoms with Gasteiger partial charge in [0.2, 0.25) is 0 Å². The Morgan fingerprint density at radius 1 is 1.42 bits per heavy atom. The molecule has 0 saturated heterocycles. The van der Waals surface area contributed by atoms with Crippen molar-refractivity contribution in [2.24, 2.45) is 11.8 Å². The number of carbonyl (C=O) groups is 1. The van der Waals surface area contributed by atoms with Crippen molar-refractivity contribution in [3.8, 4) is 0 Å². The van der Waals surface area contributed by atoms with Crippen LogP contribution in [0.25, 0.3) is 0 Å². The van der Waals surface area contributed by atoms with Crippen LogP contribution in [-0.2, 0) is 4.79 Å². The van der Waals surface area contributed by atoms with Crippen LogP contribution in [0.15, 0.2) is 0 Å². The Labute approximate surface area is 74.0 Å². The van der Waals surface area contributed by atoms with Gasteiger partial charge in [-0.3, -0.25) is 0 Å². The molecule has 1 unspecified atom stereocenters. The monoisotopic (exact) mass is 170 g/mol. The third-order valence-corrected chi connectivity index (χ3v) is 3.09. The van der Waals surface area contributed by atoms with E-state index >= 15 is 0 Å². The molecule has 0 bridgehead atoms. The van der Waals surface area contributed by atoms with Crippen LogP contribution in [0.2, 0.25) is 0 Å². The van der Waals surface area contributed by atoms with Crippen LogP contribution >= 0.6 is 0 Å². The first-order valence-electron chi connectivity index (χ1n) is 4.91. The van der Waals surface area contributed by atoms with Gasteiger partial charge in [0.25, 0.3) is 0 Å². The maximum absolute atomic E-state index is 10.3. The zero-order valence-corrected chi connectivity index (χ0v) is 7.70. The van der Waals surface area contributed by atoms with E-state index in [4.69, 9.17) is 0 Å². The molecule has 1 rings (SSSR count). The molecule has 0 aromatic rings. The molecule has 1 N–H and O–H groups in total. The third-order valence-electron chi connectivity index (χ3n) is 3.09. The smallest absolute Gasteiger partial charge is 0.148 e. The summed E-state index contributed by atoms with van der Waals surface area (Å²) in [6, 6.07) is 0. The summed E-state index contributed by atoms with van der Waals surface area (Å²) in [5, 5.41) is 9.27. The van der Waals surface area contributed by atoms with Crippen LogP contribution in [-0.4, -0.2) is 17.5 Å². The van der Waals surface area contributed by atoms with Gasteiger partial charge in [0, 0.05) is 0 Å². The van der Waals surface area contributed by atoms with Gasteiger partial charge in [-0.05, 0) is 24.7 Å². The number of aliphatic hydroxyl groups is 1. The Morgan fingerprint density at radius 2 is 2.00 bits per heavy atom. The number of aliphatic hydroxyl groups excluding tert-OH is 1. The first-order valence-corrected chi connectivity index (χ1v) is 4.91. The highest BCUT2D eigenvalue weighted by Crippen LogP contribution is 2.31. The highest BCUT2D eigenvalue weighted by Gasteiger charge is 2.24. The van der Waals surface area contributed by atoms with Gasteiger partial charge >= 0.3 is 0 Å². The maximum Gasteiger partial charge on any atom is 0.148 e. The van der Waals surface area contributed by atoms with Gasteiger partial charge in [-0.15, -0.1) is 0 Å². The van der Waals surface area contributed by atoms with Crippen LogP contribution < -0.4 is 0 Å². The molecular weight excluding hydrogens is 152 g/mol. The lowest BCUT2D eigenvalue weighted by molar-refractivity contribution is -0.118. The lowest BCUT2D eigenvalue weighted by Gasteiger charge is -2.28. The fourth-order valence-electron chi connectivity index (χ4n) is 2.05. The SMILES string of the molecule is CCC1CCC(C(O)C=O)CC1. The minimum atomic E-state index is -0.706. The van der Waals surface area contributed by atoms with E-state index in [0.29, 0.717) is 6.29 Å². The summed E-state index contributed by atoms with van der Waals surface area (Å²) in [5.74, 6) is 1.07. The predicted molar refractivity (Wildman–Crippen MR) is 47.8 cm³/mol. The average Bonchev–Trinajstić information content (AvgIpc) is 2.17. The highest BCUT2D eigenvalue weighted by molar-refractivity contribution is 5.56. The Kier molecular flexibility index (Phi) is 3.73. The minimum Gasteiger partial charge on any atom is -0.385 e. The molecule has 0 heterocycles. The Hall–Kier alpha value is -0.370. The Balaban J connectivity index is 2.30. The van der Waals surface area contributed by atoms with E-state index in [1.165, 1.54) is 19.3 Å². The van der Waals surface area contributed by atoms with Gasteiger partial charge in [-0.1, -0.05) is 26.2 Å².